The Kier molecular flexibility index (Phi) is 5.28. The molecule has 148 valence electrons. The van der Waals surface area contributed by atoms with Gasteiger partial charge in [-0.3, -0.25) is 9.59 Å². The summed E-state index contributed by atoms with van der Waals surface area (Å²) >= 11 is 1.15. The highest BCUT2D eigenvalue weighted by Crippen LogP contribution is 2.34. The summed E-state index contributed by atoms with van der Waals surface area (Å²) < 4.78 is 26.9. The largest absolute Gasteiger partial charge is 0.321 e. The number of Topliss-reactive ketones (excluding diaryl/α,β-unsaturated/α-hetero) is 1. The molecule has 1 N–H and O–H groups in total. The summed E-state index contributed by atoms with van der Waals surface area (Å²) in [5.74, 6) is -1.06. The van der Waals surface area contributed by atoms with Gasteiger partial charge in [0.15, 0.2) is 5.78 Å². The van der Waals surface area contributed by atoms with Crippen molar-refractivity contribution in [3.63, 3.8) is 0 Å². The Morgan fingerprint density at radius 1 is 1.03 bits per heavy atom. The van der Waals surface area contributed by atoms with Gasteiger partial charge in [0.1, 0.15) is 11.6 Å². The maximum absolute atomic E-state index is 13.5. The lowest BCUT2D eigenvalue weighted by Crippen LogP contribution is -2.12. The molecule has 0 aliphatic heterocycles. The lowest BCUT2D eigenvalue weighted by Gasteiger charge is -2.10. The van der Waals surface area contributed by atoms with Crippen LogP contribution < -0.4 is 5.32 Å². The van der Waals surface area contributed by atoms with E-state index in [1.165, 1.54) is 12.1 Å². The number of amides is 1. The molecule has 1 aromatic heterocycles. The average molecular weight is 411 g/mol. The van der Waals surface area contributed by atoms with E-state index < -0.39 is 11.6 Å². The van der Waals surface area contributed by atoms with Gasteiger partial charge in [0, 0.05) is 28.6 Å². The third-order valence-corrected chi connectivity index (χ3v) is 6.09. The van der Waals surface area contributed by atoms with Crippen molar-refractivity contribution in [3.05, 3.63) is 76.2 Å². The Balaban J connectivity index is 1.52. The maximum Gasteiger partial charge on any atom is 0.265 e. The number of carbonyl (C=O) groups is 2. The predicted molar refractivity (Wildman–Crippen MR) is 110 cm³/mol. The fourth-order valence-electron chi connectivity index (χ4n) is 3.13. The first-order valence-corrected chi connectivity index (χ1v) is 10.2. The van der Waals surface area contributed by atoms with Crippen LogP contribution in [0.4, 0.5) is 14.5 Å². The first-order chi connectivity index (χ1) is 13.9. The Morgan fingerprint density at radius 2 is 1.76 bits per heavy atom. The summed E-state index contributed by atoms with van der Waals surface area (Å²) in [5.41, 5.74) is 2.42. The molecule has 0 spiro atoms. The summed E-state index contributed by atoms with van der Waals surface area (Å²) in [6.45, 7) is 1.86. The van der Waals surface area contributed by atoms with E-state index in [0.29, 0.717) is 38.9 Å². The van der Waals surface area contributed by atoms with Gasteiger partial charge in [0.25, 0.3) is 5.91 Å². The molecule has 0 saturated heterocycles. The lowest BCUT2D eigenvalue weighted by atomic mass is 10.0. The Bertz CT molecular complexity index is 1080. The van der Waals surface area contributed by atoms with Gasteiger partial charge in [-0.1, -0.05) is 12.1 Å². The monoisotopic (exact) mass is 411 g/mol. The molecule has 3 aromatic rings. The van der Waals surface area contributed by atoms with E-state index in [0.717, 1.165) is 35.8 Å². The molecule has 0 atom stereocenters. The van der Waals surface area contributed by atoms with Crippen LogP contribution in [-0.4, -0.2) is 11.7 Å². The first-order valence-electron chi connectivity index (χ1n) is 9.40. The first kappa shape index (κ1) is 19.5. The fourth-order valence-corrected chi connectivity index (χ4v) is 4.02. The third-order valence-electron chi connectivity index (χ3n) is 4.96. The number of thiophene rings is 1. The van der Waals surface area contributed by atoms with E-state index in [4.69, 9.17) is 0 Å². The number of carbonyl (C=O) groups excluding carboxylic acids is 2. The Hall–Kier alpha value is -2.86. The molecule has 4 rings (SSSR count). The van der Waals surface area contributed by atoms with Gasteiger partial charge in [-0.25, -0.2) is 8.78 Å². The van der Waals surface area contributed by atoms with Gasteiger partial charge >= 0.3 is 0 Å². The van der Waals surface area contributed by atoms with E-state index >= 15 is 0 Å². The fraction of sp³-hybridized carbons (Fsp3) is 0.217. The van der Waals surface area contributed by atoms with Crippen molar-refractivity contribution in [3.8, 4) is 10.4 Å². The number of ketones is 1. The van der Waals surface area contributed by atoms with Gasteiger partial charge in [-0.05, 0) is 67.1 Å². The number of aryl methyl sites for hydroxylation is 1. The van der Waals surface area contributed by atoms with Crippen LogP contribution in [0.2, 0.25) is 0 Å². The zero-order chi connectivity index (χ0) is 20.5. The molecule has 1 saturated carbocycles. The minimum absolute atomic E-state index is 0.0922. The molecule has 0 bridgehead atoms. The number of benzene rings is 2. The molecule has 29 heavy (non-hydrogen) atoms. The number of nitrogens with one attached hydrogen (secondary N) is 1. The SMILES string of the molecule is Cc1ccc(C(=O)CC2CC2)cc1NC(=O)c1ccc(-c2cc(F)cc(F)c2)s1. The normalized spacial score (nSPS) is 13.3. The van der Waals surface area contributed by atoms with Crippen molar-refractivity contribution >= 4 is 28.7 Å². The molecule has 2 aromatic carbocycles. The molecule has 1 aliphatic rings. The number of halogens is 2. The zero-order valence-corrected chi connectivity index (χ0v) is 16.6. The quantitative estimate of drug-likeness (QED) is 0.488. The summed E-state index contributed by atoms with van der Waals surface area (Å²) in [6, 6.07) is 11.9. The van der Waals surface area contributed by atoms with Crippen LogP contribution in [0.3, 0.4) is 0 Å². The highest BCUT2D eigenvalue weighted by molar-refractivity contribution is 7.17. The van der Waals surface area contributed by atoms with E-state index in [1.807, 2.05) is 13.0 Å². The highest BCUT2D eigenvalue weighted by atomic mass is 32.1. The number of anilines is 1. The van der Waals surface area contributed by atoms with Crippen molar-refractivity contribution in [2.75, 3.05) is 5.32 Å². The average Bonchev–Trinajstić information content (AvgIpc) is 3.33. The van der Waals surface area contributed by atoms with Crippen LogP contribution in [0.1, 0.15) is 44.9 Å². The van der Waals surface area contributed by atoms with Crippen molar-refractivity contribution in [2.45, 2.75) is 26.2 Å². The number of hydrogen-bond donors (Lipinski definition) is 1. The van der Waals surface area contributed by atoms with E-state index in [1.54, 1.807) is 24.3 Å². The van der Waals surface area contributed by atoms with Gasteiger partial charge in [-0.15, -0.1) is 11.3 Å². The van der Waals surface area contributed by atoms with Gasteiger partial charge in [0.05, 0.1) is 4.88 Å². The van der Waals surface area contributed by atoms with Crippen LogP contribution in [0, 0.1) is 24.5 Å². The van der Waals surface area contributed by atoms with E-state index in [2.05, 4.69) is 5.32 Å². The lowest BCUT2D eigenvalue weighted by molar-refractivity contribution is 0.0974. The predicted octanol–water partition coefficient (Wildman–Crippen LogP) is 6.24. The molecule has 1 amide bonds. The van der Waals surface area contributed by atoms with Crippen LogP contribution in [0.15, 0.2) is 48.5 Å². The molecular formula is C23H19F2NO2S. The summed E-state index contributed by atoms with van der Waals surface area (Å²) in [7, 11) is 0. The molecule has 1 aliphatic carbocycles. The van der Waals surface area contributed by atoms with Crippen LogP contribution >= 0.6 is 11.3 Å². The summed E-state index contributed by atoms with van der Waals surface area (Å²) in [6.07, 6.45) is 2.77. The standard InChI is InChI=1S/C23H19F2NO2S/c1-13-2-5-15(20(27)8-14-3-4-14)11-19(13)26-23(28)22-7-6-21(29-22)16-9-17(24)12-18(25)10-16/h2,5-7,9-12,14H,3-4,8H2,1H3,(H,26,28). The highest BCUT2D eigenvalue weighted by Gasteiger charge is 2.25. The Labute approximate surface area is 171 Å². The van der Waals surface area contributed by atoms with E-state index in [-0.39, 0.29) is 11.7 Å². The minimum Gasteiger partial charge on any atom is -0.321 e. The number of rotatable bonds is 6. The van der Waals surface area contributed by atoms with Crippen molar-refractivity contribution in [1.29, 1.82) is 0 Å². The summed E-state index contributed by atoms with van der Waals surface area (Å²) in [4.78, 5) is 26.0. The molecular weight excluding hydrogens is 392 g/mol. The zero-order valence-electron chi connectivity index (χ0n) is 15.8. The van der Waals surface area contributed by atoms with Crippen molar-refractivity contribution in [1.82, 2.24) is 0 Å². The smallest absolute Gasteiger partial charge is 0.265 e. The molecule has 0 radical (unpaired) electrons. The number of hydrogen-bond acceptors (Lipinski definition) is 3. The van der Waals surface area contributed by atoms with Crippen LogP contribution in [-0.2, 0) is 0 Å². The molecule has 3 nitrogen and oxygen atoms in total. The maximum atomic E-state index is 13.5. The molecule has 1 heterocycles. The van der Waals surface area contributed by atoms with Crippen LogP contribution in [0.5, 0.6) is 0 Å². The molecule has 1 fully saturated rings. The van der Waals surface area contributed by atoms with Gasteiger partial charge in [0.2, 0.25) is 0 Å². The second kappa shape index (κ2) is 7.87. The Morgan fingerprint density at radius 3 is 2.45 bits per heavy atom. The topological polar surface area (TPSA) is 46.2 Å². The van der Waals surface area contributed by atoms with Gasteiger partial charge in [-0.2, -0.15) is 0 Å². The second-order valence-electron chi connectivity index (χ2n) is 7.38. The van der Waals surface area contributed by atoms with Crippen molar-refractivity contribution < 1.29 is 18.4 Å². The van der Waals surface area contributed by atoms with Crippen molar-refractivity contribution in [2.24, 2.45) is 5.92 Å². The minimum atomic E-state index is -0.664. The third kappa shape index (κ3) is 4.59. The second-order valence-corrected chi connectivity index (χ2v) is 8.46. The van der Waals surface area contributed by atoms with Gasteiger partial charge < -0.3 is 5.32 Å². The van der Waals surface area contributed by atoms with Crippen LogP contribution in [0.25, 0.3) is 10.4 Å². The van der Waals surface area contributed by atoms with E-state index in [9.17, 15) is 18.4 Å². The molecule has 6 heteroatoms. The summed E-state index contributed by atoms with van der Waals surface area (Å²) in [5, 5.41) is 2.85. The molecule has 0 unspecified atom stereocenters.